The van der Waals surface area contributed by atoms with E-state index in [2.05, 4.69) is 4.72 Å². The molecule has 3 rings (SSSR count). The minimum absolute atomic E-state index is 0.192. The van der Waals surface area contributed by atoms with Gasteiger partial charge in [0.25, 0.3) is 0 Å². The van der Waals surface area contributed by atoms with Crippen molar-refractivity contribution in [2.45, 2.75) is 24.3 Å². The molecular weight excluding hydrogens is 314 g/mol. The topological polar surface area (TPSA) is 72.5 Å². The number of benzene rings is 2. The fraction of sp³-hybridized carbons (Fsp3) is 0.235. The molecule has 0 aromatic heterocycles. The Morgan fingerprint density at radius 1 is 1.17 bits per heavy atom. The standard InChI is InChI=1S/C17H17NO4S/c1-3-22-16(19)12-9-10-15-14(11-12)17(2,18-23(15,20)21)13-7-5-4-6-8-13/h4-11,18H,3H2,1-2H3/t17-/m1/s1. The lowest BCUT2D eigenvalue weighted by Gasteiger charge is -2.25. The summed E-state index contributed by atoms with van der Waals surface area (Å²) in [4.78, 5) is 12.2. The van der Waals surface area contributed by atoms with Crippen molar-refractivity contribution >= 4 is 16.0 Å². The Bertz CT molecular complexity index is 861. The largest absolute Gasteiger partial charge is 0.462 e. The Morgan fingerprint density at radius 3 is 2.52 bits per heavy atom. The van der Waals surface area contributed by atoms with Crippen LogP contribution in [0.5, 0.6) is 0 Å². The van der Waals surface area contributed by atoms with Crippen LogP contribution in [-0.2, 0) is 20.3 Å². The summed E-state index contributed by atoms with van der Waals surface area (Å²) in [6.45, 7) is 3.79. The van der Waals surface area contributed by atoms with Crippen molar-refractivity contribution in [1.82, 2.24) is 4.72 Å². The van der Waals surface area contributed by atoms with Crippen LogP contribution >= 0.6 is 0 Å². The number of ether oxygens (including phenoxy) is 1. The van der Waals surface area contributed by atoms with Crippen LogP contribution in [0.4, 0.5) is 0 Å². The molecule has 1 N–H and O–H groups in total. The summed E-state index contributed by atoms with van der Waals surface area (Å²) in [6, 6.07) is 13.8. The molecule has 5 nitrogen and oxygen atoms in total. The molecule has 0 spiro atoms. The number of esters is 1. The molecule has 6 heteroatoms. The smallest absolute Gasteiger partial charge is 0.338 e. The molecule has 0 saturated heterocycles. The van der Waals surface area contributed by atoms with Gasteiger partial charge in [0, 0.05) is 0 Å². The summed E-state index contributed by atoms with van der Waals surface area (Å²) in [5.41, 5.74) is 0.780. The zero-order valence-electron chi connectivity index (χ0n) is 12.9. The first-order chi connectivity index (χ1) is 10.9. The van der Waals surface area contributed by atoms with Gasteiger partial charge in [0.2, 0.25) is 10.0 Å². The first-order valence-electron chi connectivity index (χ1n) is 7.29. The van der Waals surface area contributed by atoms with Gasteiger partial charge in [-0.3, -0.25) is 0 Å². The summed E-state index contributed by atoms with van der Waals surface area (Å²) in [7, 11) is -3.62. The van der Waals surface area contributed by atoms with Crippen LogP contribution in [0.2, 0.25) is 0 Å². The van der Waals surface area contributed by atoms with Crippen LogP contribution in [0.3, 0.4) is 0 Å². The minimum atomic E-state index is -3.62. The lowest BCUT2D eigenvalue weighted by molar-refractivity contribution is 0.0526. The second-order valence-electron chi connectivity index (χ2n) is 5.53. The lowest BCUT2D eigenvalue weighted by Crippen LogP contribution is -2.37. The third-order valence-electron chi connectivity index (χ3n) is 4.01. The number of carbonyl (C=O) groups is 1. The number of carbonyl (C=O) groups excluding carboxylic acids is 1. The van der Waals surface area contributed by atoms with E-state index in [1.807, 2.05) is 30.3 Å². The summed E-state index contributed by atoms with van der Waals surface area (Å²) < 4.78 is 32.6. The number of nitrogens with one attached hydrogen (secondary N) is 1. The Hall–Kier alpha value is -2.18. The molecule has 2 aromatic carbocycles. The minimum Gasteiger partial charge on any atom is -0.462 e. The maximum absolute atomic E-state index is 12.4. The van der Waals surface area contributed by atoms with Crippen molar-refractivity contribution in [2.75, 3.05) is 6.61 Å². The molecular formula is C17H17NO4S. The molecule has 1 aliphatic heterocycles. The molecule has 0 saturated carbocycles. The van der Waals surface area contributed by atoms with Gasteiger partial charge in [-0.1, -0.05) is 30.3 Å². The highest BCUT2D eigenvalue weighted by atomic mass is 32.2. The molecule has 0 fully saturated rings. The summed E-state index contributed by atoms with van der Waals surface area (Å²) in [6.07, 6.45) is 0. The van der Waals surface area contributed by atoms with E-state index >= 15 is 0 Å². The number of sulfonamides is 1. The highest BCUT2D eigenvalue weighted by Gasteiger charge is 2.44. The average molecular weight is 331 g/mol. The van der Waals surface area contributed by atoms with Crippen LogP contribution in [-0.4, -0.2) is 21.0 Å². The highest BCUT2D eigenvalue weighted by Crippen LogP contribution is 2.40. The van der Waals surface area contributed by atoms with Gasteiger partial charge in [0.05, 0.1) is 22.6 Å². The number of hydrogen-bond acceptors (Lipinski definition) is 4. The van der Waals surface area contributed by atoms with E-state index in [1.54, 1.807) is 19.9 Å². The van der Waals surface area contributed by atoms with E-state index in [4.69, 9.17) is 4.74 Å². The van der Waals surface area contributed by atoms with Gasteiger partial charge < -0.3 is 4.74 Å². The third kappa shape index (κ3) is 2.54. The predicted octanol–water partition coefficient (Wildman–Crippen LogP) is 2.42. The summed E-state index contributed by atoms with van der Waals surface area (Å²) in [5, 5.41) is 0. The maximum Gasteiger partial charge on any atom is 0.338 e. The highest BCUT2D eigenvalue weighted by molar-refractivity contribution is 7.89. The van der Waals surface area contributed by atoms with Gasteiger partial charge in [0.1, 0.15) is 0 Å². The van der Waals surface area contributed by atoms with Crippen molar-refractivity contribution < 1.29 is 17.9 Å². The molecule has 0 amide bonds. The van der Waals surface area contributed by atoms with Crippen LogP contribution in [0.25, 0.3) is 0 Å². The molecule has 1 heterocycles. The van der Waals surface area contributed by atoms with Crippen LogP contribution in [0, 0.1) is 0 Å². The zero-order valence-corrected chi connectivity index (χ0v) is 13.7. The zero-order chi connectivity index (χ0) is 16.7. The second-order valence-corrected chi connectivity index (χ2v) is 7.18. The fourth-order valence-electron chi connectivity index (χ4n) is 2.86. The Labute approximate surface area is 135 Å². The molecule has 23 heavy (non-hydrogen) atoms. The first kappa shape index (κ1) is 15.7. The Morgan fingerprint density at radius 2 is 1.87 bits per heavy atom. The molecule has 0 aliphatic carbocycles. The van der Waals surface area contributed by atoms with E-state index in [0.717, 1.165) is 5.56 Å². The molecule has 0 radical (unpaired) electrons. The van der Waals surface area contributed by atoms with Crippen LogP contribution in [0.1, 0.15) is 35.3 Å². The Balaban J connectivity index is 2.19. The predicted molar refractivity (Wildman–Crippen MR) is 85.6 cm³/mol. The fourth-order valence-corrected chi connectivity index (χ4v) is 4.54. The van der Waals surface area contributed by atoms with Crippen molar-refractivity contribution in [2.24, 2.45) is 0 Å². The quantitative estimate of drug-likeness (QED) is 0.877. The second kappa shape index (κ2) is 5.47. The molecule has 1 aliphatic rings. The summed E-state index contributed by atoms with van der Waals surface area (Å²) >= 11 is 0. The molecule has 0 bridgehead atoms. The summed E-state index contributed by atoms with van der Waals surface area (Å²) in [5.74, 6) is -0.463. The van der Waals surface area contributed by atoms with E-state index in [-0.39, 0.29) is 11.5 Å². The molecule has 2 aromatic rings. The van der Waals surface area contributed by atoms with E-state index in [9.17, 15) is 13.2 Å². The van der Waals surface area contributed by atoms with E-state index < -0.39 is 21.5 Å². The lowest BCUT2D eigenvalue weighted by atomic mass is 9.85. The average Bonchev–Trinajstić information content (AvgIpc) is 2.75. The molecule has 1 atom stereocenters. The van der Waals surface area contributed by atoms with E-state index in [0.29, 0.717) is 11.1 Å². The number of rotatable bonds is 3. The van der Waals surface area contributed by atoms with E-state index in [1.165, 1.54) is 12.1 Å². The number of hydrogen-bond donors (Lipinski definition) is 1. The van der Waals surface area contributed by atoms with Crippen LogP contribution < -0.4 is 4.72 Å². The molecule has 0 unspecified atom stereocenters. The van der Waals surface area contributed by atoms with Crippen LogP contribution in [0.15, 0.2) is 53.4 Å². The van der Waals surface area contributed by atoms with Gasteiger partial charge in [-0.15, -0.1) is 0 Å². The van der Waals surface area contributed by atoms with Crippen molar-refractivity contribution in [1.29, 1.82) is 0 Å². The Kier molecular flexibility index (Phi) is 3.74. The number of fused-ring (bicyclic) bond motifs is 1. The monoisotopic (exact) mass is 331 g/mol. The van der Waals surface area contributed by atoms with Gasteiger partial charge in [0.15, 0.2) is 0 Å². The van der Waals surface area contributed by atoms with Gasteiger partial charge in [-0.2, -0.15) is 4.72 Å². The van der Waals surface area contributed by atoms with Gasteiger partial charge in [-0.25, -0.2) is 13.2 Å². The van der Waals surface area contributed by atoms with Crippen molar-refractivity contribution in [3.05, 3.63) is 65.2 Å². The normalized spacial score (nSPS) is 21.7. The molecule has 120 valence electrons. The third-order valence-corrected chi connectivity index (χ3v) is 5.62. The SMILES string of the molecule is CCOC(=O)c1ccc2c(c1)[C@@](C)(c1ccccc1)NS2(=O)=O. The maximum atomic E-state index is 12.4. The van der Waals surface area contributed by atoms with Crippen molar-refractivity contribution in [3.8, 4) is 0 Å². The van der Waals surface area contributed by atoms with Crippen molar-refractivity contribution in [3.63, 3.8) is 0 Å². The first-order valence-corrected chi connectivity index (χ1v) is 8.78. The van der Waals surface area contributed by atoms with Gasteiger partial charge in [-0.05, 0) is 43.2 Å². The van der Waals surface area contributed by atoms with Gasteiger partial charge >= 0.3 is 5.97 Å².